The van der Waals surface area contributed by atoms with Gasteiger partial charge < -0.3 is 20.1 Å². The Hall–Kier alpha value is -2.77. The fourth-order valence-corrected chi connectivity index (χ4v) is 4.09. The molecule has 2 atom stereocenters. The van der Waals surface area contributed by atoms with Crippen molar-refractivity contribution in [3.63, 3.8) is 0 Å². The van der Waals surface area contributed by atoms with E-state index in [-0.39, 0.29) is 37.6 Å². The number of carbonyl (C=O) groups excluding carboxylic acids is 3. The van der Waals surface area contributed by atoms with Crippen LogP contribution in [-0.2, 0) is 16.1 Å². The molecular weight excluding hydrogens is 350 g/mol. The second-order valence-corrected chi connectivity index (χ2v) is 7.40. The molecule has 1 saturated heterocycles. The maximum absolute atomic E-state index is 12.9. The topological polar surface area (TPSA) is 97.0 Å². The normalized spacial score (nSPS) is 26.4. The number of benzene rings is 1. The monoisotopic (exact) mass is 373 g/mol. The van der Waals surface area contributed by atoms with Crippen molar-refractivity contribution in [1.29, 1.82) is 0 Å². The van der Waals surface area contributed by atoms with Crippen LogP contribution in [0.15, 0.2) is 18.2 Å². The molecule has 8 heteroatoms. The first-order valence-electron chi connectivity index (χ1n) is 9.29. The summed E-state index contributed by atoms with van der Waals surface area (Å²) in [6.07, 6.45) is 3.49. The maximum atomic E-state index is 12.9. The number of nitrogens with zero attached hydrogens (tertiary/aromatic N) is 1. The highest BCUT2D eigenvalue weighted by Gasteiger charge is 2.55. The Bertz CT molecular complexity index is 796. The van der Waals surface area contributed by atoms with E-state index in [9.17, 15) is 14.4 Å². The zero-order chi connectivity index (χ0) is 19.0. The number of imide groups is 1. The Kier molecular flexibility index (Phi) is 4.41. The number of hydrogen-bond acceptors (Lipinski definition) is 5. The Labute approximate surface area is 157 Å². The molecule has 0 radical (unpaired) electrons. The van der Waals surface area contributed by atoms with Gasteiger partial charge in [0.2, 0.25) is 12.7 Å². The number of rotatable bonds is 4. The quantitative estimate of drug-likeness (QED) is 0.780. The molecule has 1 spiro atoms. The Morgan fingerprint density at radius 3 is 2.93 bits per heavy atom. The van der Waals surface area contributed by atoms with Gasteiger partial charge in [-0.1, -0.05) is 25.8 Å². The number of nitrogens with one attached hydrogen (secondary N) is 2. The lowest BCUT2D eigenvalue weighted by molar-refractivity contribution is -0.137. The van der Waals surface area contributed by atoms with Crippen molar-refractivity contribution in [2.75, 3.05) is 13.3 Å². The van der Waals surface area contributed by atoms with Gasteiger partial charge in [-0.25, -0.2) is 4.79 Å². The van der Waals surface area contributed by atoms with Gasteiger partial charge in [0, 0.05) is 6.54 Å². The largest absolute Gasteiger partial charge is 0.454 e. The summed E-state index contributed by atoms with van der Waals surface area (Å²) in [6, 6.07) is 4.94. The third-order valence-corrected chi connectivity index (χ3v) is 5.73. The van der Waals surface area contributed by atoms with E-state index in [4.69, 9.17) is 9.47 Å². The highest BCUT2D eigenvalue weighted by atomic mass is 16.7. The molecule has 2 heterocycles. The Morgan fingerprint density at radius 1 is 1.30 bits per heavy atom. The predicted molar refractivity (Wildman–Crippen MR) is 95.0 cm³/mol. The minimum absolute atomic E-state index is 0.0735. The maximum Gasteiger partial charge on any atom is 0.325 e. The van der Waals surface area contributed by atoms with Gasteiger partial charge in [0.15, 0.2) is 11.5 Å². The van der Waals surface area contributed by atoms with Crippen molar-refractivity contribution < 1.29 is 23.9 Å². The van der Waals surface area contributed by atoms with E-state index in [0.717, 1.165) is 29.7 Å². The molecule has 1 aliphatic carbocycles. The fraction of sp³-hybridized carbons (Fsp3) is 0.526. The second-order valence-electron chi connectivity index (χ2n) is 7.40. The van der Waals surface area contributed by atoms with E-state index >= 15 is 0 Å². The molecular formula is C19H23N3O5. The molecule has 2 N–H and O–H groups in total. The fourth-order valence-electron chi connectivity index (χ4n) is 4.09. The molecule has 1 saturated carbocycles. The van der Waals surface area contributed by atoms with Gasteiger partial charge in [-0.15, -0.1) is 0 Å². The van der Waals surface area contributed by atoms with Gasteiger partial charge in [-0.2, -0.15) is 0 Å². The lowest BCUT2D eigenvalue weighted by Crippen LogP contribution is -2.54. The molecule has 27 heavy (non-hydrogen) atoms. The average molecular weight is 373 g/mol. The lowest BCUT2D eigenvalue weighted by Gasteiger charge is -2.36. The third kappa shape index (κ3) is 3.09. The molecule has 8 nitrogen and oxygen atoms in total. The van der Waals surface area contributed by atoms with Gasteiger partial charge >= 0.3 is 6.03 Å². The van der Waals surface area contributed by atoms with E-state index in [2.05, 4.69) is 10.6 Å². The van der Waals surface area contributed by atoms with Crippen LogP contribution >= 0.6 is 0 Å². The molecule has 4 amide bonds. The van der Waals surface area contributed by atoms with E-state index in [1.54, 1.807) is 12.1 Å². The van der Waals surface area contributed by atoms with Crippen LogP contribution in [0, 0.1) is 5.92 Å². The zero-order valence-electron chi connectivity index (χ0n) is 15.2. The molecule has 0 bridgehead atoms. The molecule has 0 unspecified atom stereocenters. The van der Waals surface area contributed by atoms with Crippen molar-refractivity contribution in [2.24, 2.45) is 5.92 Å². The van der Waals surface area contributed by atoms with Crippen molar-refractivity contribution in [2.45, 2.75) is 44.7 Å². The third-order valence-electron chi connectivity index (χ3n) is 5.73. The van der Waals surface area contributed by atoms with Crippen molar-refractivity contribution in [3.05, 3.63) is 23.8 Å². The summed E-state index contributed by atoms with van der Waals surface area (Å²) in [5.41, 5.74) is 0.00889. The summed E-state index contributed by atoms with van der Waals surface area (Å²) in [6.45, 7) is 2.18. The molecule has 2 aliphatic heterocycles. The molecule has 144 valence electrons. The van der Waals surface area contributed by atoms with Crippen LogP contribution in [-0.4, -0.2) is 41.6 Å². The Balaban J connectivity index is 1.36. The van der Waals surface area contributed by atoms with Crippen LogP contribution in [0.3, 0.4) is 0 Å². The minimum Gasteiger partial charge on any atom is -0.454 e. The standard InChI is InChI=1S/C19H23N3O5/c1-12-4-2-3-7-19(12)17(24)22(18(25)21-19)10-16(23)20-9-13-5-6-14-15(8-13)27-11-26-14/h5-6,8,12H,2-4,7,9-11H2,1H3,(H,20,23)(H,21,25)/t12-,19+/m0/s1. The van der Waals surface area contributed by atoms with E-state index in [0.29, 0.717) is 17.9 Å². The van der Waals surface area contributed by atoms with Crippen LogP contribution in [0.5, 0.6) is 11.5 Å². The van der Waals surface area contributed by atoms with Gasteiger partial charge in [-0.3, -0.25) is 14.5 Å². The SMILES string of the molecule is C[C@H]1CCCC[C@@]12NC(=O)N(CC(=O)NCc1ccc3c(c1)OCO3)C2=O. The van der Waals surface area contributed by atoms with Gasteiger partial charge in [-0.05, 0) is 36.5 Å². The second kappa shape index (κ2) is 6.75. The van der Waals surface area contributed by atoms with E-state index in [1.165, 1.54) is 0 Å². The highest BCUT2D eigenvalue weighted by molar-refractivity contribution is 6.09. The van der Waals surface area contributed by atoms with Gasteiger partial charge in [0.05, 0.1) is 0 Å². The number of hydrogen-bond donors (Lipinski definition) is 2. The summed E-state index contributed by atoms with van der Waals surface area (Å²) >= 11 is 0. The van der Waals surface area contributed by atoms with E-state index in [1.807, 2.05) is 13.0 Å². The summed E-state index contributed by atoms with van der Waals surface area (Å²) in [7, 11) is 0. The summed E-state index contributed by atoms with van der Waals surface area (Å²) in [4.78, 5) is 38.5. The summed E-state index contributed by atoms with van der Waals surface area (Å²) < 4.78 is 10.6. The first kappa shape index (κ1) is 17.6. The number of urea groups is 1. The average Bonchev–Trinajstić information content (AvgIpc) is 3.21. The van der Waals surface area contributed by atoms with Crippen LogP contribution in [0.4, 0.5) is 4.79 Å². The molecule has 0 aromatic heterocycles. The predicted octanol–water partition coefficient (Wildman–Crippen LogP) is 1.53. The Morgan fingerprint density at radius 2 is 2.11 bits per heavy atom. The summed E-state index contributed by atoms with van der Waals surface area (Å²) in [5.74, 6) is 0.736. The molecule has 1 aromatic carbocycles. The van der Waals surface area contributed by atoms with Crippen molar-refractivity contribution >= 4 is 17.8 Å². The molecule has 1 aromatic rings. The van der Waals surface area contributed by atoms with Crippen LogP contribution in [0.1, 0.15) is 38.2 Å². The number of carbonyl (C=O) groups is 3. The van der Waals surface area contributed by atoms with Gasteiger partial charge in [0.1, 0.15) is 12.1 Å². The smallest absolute Gasteiger partial charge is 0.325 e. The van der Waals surface area contributed by atoms with E-state index < -0.39 is 11.6 Å². The van der Waals surface area contributed by atoms with Gasteiger partial charge in [0.25, 0.3) is 5.91 Å². The minimum atomic E-state index is -0.840. The first-order valence-corrected chi connectivity index (χ1v) is 9.29. The lowest BCUT2D eigenvalue weighted by atomic mass is 9.73. The van der Waals surface area contributed by atoms with Crippen molar-refractivity contribution in [1.82, 2.24) is 15.5 Å². The highest BCUT2D eigenvalue weighted by Crippen LogP contribution is 2.38. The summed E-state index contributed by atoms with van der Waals surface area (Å²) in [5, 5.41) is 5.60. The van der Waals surface area contributed by atoms with Crippen LogP contribution in [0.2, 0.25) is 0 Å². The molecule has 2 fully saturated rings. The number of fused-ring (bicyclic) bond motifs is 1. The van der Waals surface area contributed by atoms with Crippen molar-refractivity contribution in [3.8, 4) is 11.5 Å². The molecule has 3 aliphatic rings. The van der Waals surface area contributed by atoms with Crippen LogP contribution < -0.4 is 20.1 Å². The zero-order valence-corrected chi connectivity index (χ0v) is 15.2. The number of ether oxygens (including phenoxy) is 2. The van der Waals surface area contributed by atoms with Crippen LogP contribution in [0.25, 0.3) is 0 Å². The molecule has 4 rings (SSSR count). The number of amides is 4. The first-order chi connectivity index (χ1) is 13.0.